The van der Waals surface area contributed by atoms with E-state index in [9.17, 15) is 0 Å². The van der Waals surface area contributed by atoms with Gasteiger partial charge in [0.05, 0.1) is 6.26 Å². The highest BCUT2D eigenvalue weighted by Gasteiger charge is 2.41. The summed E-state index contributed by atoms with van der Waals surface area (Å²) in [5, 5.41) is 2.75. The van der Waals surface area contributed by atoms with E-state index in [1.165, 1.54) is 48.1 Å². The molecular weight excluding hydrogens is 320 g/mol. The summed E-state index contributed by atoms with van der Waals surface area (Å²) in [5.74, 6) is 0.594. The normalized spacial score (nSPS) is 15.2. The first-order valence-corrected chi connectivity index (χ1v) is 11.8. The Morgan fingerprint density at radius 3 is 1.84 bits per heavy atom. The molecule has 2 aromatic carbocycles. The maximum atomic E-state index is 6.83. The third kappa shape index (κ3) is 4.43. The van der Waals surface area contributed by atoms with Crippen LogP contribution in [-0.2, 0) is 4.43 Å². The third-order valence-electron chi connectivity index (χ3n) is 5.10. The van der Waals surface area contributed by atoms with Gasteiger partial charge in [0, 0.05) is 0 Å². The van der Waals surface area contributed by atoms with Gasteiger partial charge < -0.3 is 4.43 Å². The second-order valence-electron chi connectivity index (χ2n) is 7.61. The van der Waals surface area contributed by atoms with Crippen LogP contribution in [0, 0.1) is 5.92 Å². The quantitative estimate of drug-likeness (QED) is 0.509. The zero-order valence-electron chi connectivity index (χ0n) is 15.6. The Hall–Kier alpha value is -1.80. The fourth-order valence-corrected chi connectivity index (χ4v) is 8.04. The molecule has 1 nitrogen and oxygen atoms in total. The average molecular weight is 351 g/mol. The van der Waals surface area contributed by atoms with Gasteiger partial charge in [0.1, 0.15) is 0 Å². The van der Waals surface area contributed by atoms with E-state index in [1.807, 2.05) is 0 Å². The van der Waals surface area contributed by atoms with Gasteiger partial charge in [-0.15, -0.1) is 0 Å². The third-order valence-corrected chi connectivity index (χ3v) is 9.54. The first-order chi connectivity index (χ1) is 12.2. The van der Waals surface area contributed by atoms with Crippen LogP contribution < -0.4 is 10.4 Å². The number of hydrogen-bond acceptors (Lipinski definition) is 1. The zero-order chi connectivity index (χ0) is 17.5. The summed E-state index contributed by atoms with van der Waals surface area (Å²) in [4.78, 5) is 0. The van der Waals surface area contributed by atoms with Gasteiger partial charge in [0.2, 0.25) is 0 Å². The number of hydrogen-bond donors (Lipinski definition) is 0. The van der Waals surface area contributed by atoms with Crippen LogP contribution in [0.25, 0.3) is 0 Å². The molecule has 25 heavy (non-hydrogen) atoms. The maximum Gasteiger partial charge on any atom is 0.314 e. The van der Waals surface area contributed by atoms with E-state index >= 15 is 0 Å². The van der Waals surface area contributed by atoms with E-state index in [0.29, 0.717) is 5.92 Å². The van der Waals surface area contributed by atoms with Crippen LogP contribution in [0.5, 0.6) is 0 Å². The van der Waals surface area contributed by atoms with E-state index in [2.05, 4.69) is 80.8 Å². The van der Waals surface area contributed by atoms with E-state index < -0.39 is 8.32 Å². The molecule has 0 atom stereocenters. The van der Waals surface area contributed by atoms with Gasteiger partial charge >= 0.3 is 8.32 Å². The Labute approximate surface area is 153 Å². The van der Waals surface area contributed by atoms with E-state index in [1.54, 1.807) is 0 Å². The summed E-state index contributed by atoms with van der Waals surface area (Å²) in [7, 11) is -2.27. The van der Waals surface area contributed by atoms with Crippen LogP contribution in [0.1, 0.15) is 46.0 Å². The summed E-state index contributed by atoms with van der Waals surface area (Å²) < 4.78 is 6.83. The number of rotatable bonds is 6. The Morgan fingerprint density at radius 1 is 0.840 bits per heavy atom. The average Bonchev–Trinajstić information content (AvgIpc) is 2.67. The summed E-state index contributed by atoms with van der Waals surface area (Å²) in [6, 6.07) is 23.0. The highest BCUT2D eigenvalue weighted by atomic mass is 28.4. The highest BCUT2D eigenvalue weighted by molar-refractivity contribution is 6.97. The summed E-state index contributed by atoms with van der Waals surface area (Å²) in [6.45, 7) is 4.62. The maximum absolute atomic E-state index is 6.83. The SMILES string of the molecule is CC(C)C[Si](OC=C1CCCCC1)(c1ccccc1)c1ccccc1. The Morgan fingerprint density at radius 2 is 1.36 bits per heavy atom. The Bertz CT molecular complexity index is 628. The van der Waals surface area contributed by atoms with E-state index in [0.717, 1.165) is 6.04 Å². The van der Waals surface area contributed by atoms with Crippen molar-refractivity contribution in [2.24, 2.45) is 5.92 Å². The highest BCUT2D eigenvalue weighted by Crippen LogP contribution is 2.25. The van der Waals surface area contributed by atoms with Crippen molar-refractivity contribution in [2.45, 2.75) is 52.0 Å². The van der Waals surface area contributed by atoms with Crippen molar-refractivity contribution in [3.05, 3.63) is 72.5 Å². The van der Waals surface area contributed by atoms with Crippen molar-refractivity contribution in [1.82, 2.24) is 0 Å². The van der Waals surface area contributed by atoms with E-state index in [4.69, 9.17) is 4.43 Å². The van der Waals surface area contributed by atoms with Crippen LogP contribution in [0.4, 0.5) is 0 Å². The molecule has 0 N–H and O–H groups in total. The summed E-state index contributed by atoms with van der Waals surface area (Å²) >= 11 is 0. The van der Waals surface area contributed by atoms with Gasteiger partial charge in [-0.1, -0.05) is 80.9 Å². The van der Waals surface area contributed by atoms with Crippen LogP contribution in [-0.4, -0.2) is 8.32 Å². The lowest BCUT2D eigenvalue weighted by Gasteiger charge is -2.33. The predicted molar refractivity (Wildman–Crippen MR) is 110 cm³/mol. The monoisotopic (exact) mass is 350 g/mol. The molecule has 1 saturated carbocycles. The Balaban J connectivity index is 2.04. The molecule has 0 saturated heterocycles. The molecule has 1 fully saturated rings. The molecule has 0 aromatic heterocycles. The lowest BCUT2D eigenvalue weighted by molar-refractivity contribution is 0.452. The molecule has 2 heteroatoms. The fraction of sp³-hybridized carbons (Fsp3) is 0.391. The molecule has 0 amide bonds. The first-order valence-electron chi connectivity index (χ1n) is 9.67. The van der Waals surface area contributed by atoms with Crippen molar-refractivity contribution in [2.75, 3.05) is 0 Å². The van der Waals surface area contributed by atoms with Crippen molar-refractivity contribution < 1.29 is 4.43 Å². The molecule has 0 spiro atoms. The largest absolute Gasteiger partial charge is 0.540 e. The van der Waals surface area contributed by atoms with Gasteiger partial charge in [-0.25, -0.2) is 0 Å². The molecule has 3 rings (SSSR count). The lowest BCUT2D eigenvalue weighted by atomic mass is 9.96. The molecule has 0 unspecified atom stereocenters. The fourth-order valence-electron chi connectivity index (χ4n) is 3.88. The molecule has 0 bridgehead atoms. The van der Waals surface area contributed by atoms with E-state index in [-0.39, 0.29) is 0 Å². The molecule has 1 aliphatic rings. The van der Waals surface area contributed by atoms with Crippen molar-refractivity contribution in [1.29, 1.82) is 0 Å². The van der Waals surface area contributed by atoms with Crippen LogP contribution in [0.15, 0.2) is 72.5 Å². The molecular formula is C23H30OSi. The molecule has 1 aliphatic carbocycles. The van der Waals surface area contributed by atoms with Gasteiger partial charge in [0.15, 0.2) is 0 Å². The minimum atomic E-state index is -2.27. The molecule has 0 aliphatic heterocycles. The lowest BCUT2D eigenvalue weighted by Crippen LogP contribution is -2.60. The van der Waals surface area contributed by atoms with Crippen LogP contribution in [0.2, 0.25) is 6.04 Å². The van der Waals surface area contributed by atoms with Crippen LogP contribution in [0.3, 0.4) is 0 Å². The van der Waals surface area contributed by atoms with Crippen molar-refractivity contribution >= 4 is 18.7 Å². The number of benzene rings is 2. The Kier molecular flexibility index (Phi) is 6.14. The van der Waals surface area contributed by atoms with Crippen LogP contribution >= 0.6 is 0 Å². The molecule has 0 heterocycles. The first kappa shape index (κ1) is 18.0. The molecule has 132 valence electrons. The van der Waals surface area contributed by atoms with Gasteiger partial charge in [0.25, 0.3) is 0 Å². The molecule has 2 aromatic rings. The minimum Gasteiger partial charge on any atom is -0.540 e. The van der Waals surface area contributed by atoms with Gasteiger partial charge in [-0.3, -0.25) is 0 Å². The second-order valence-corrected chi connectivity index (χ2v) is 11.1. The summed E-state index contributed by atoms with van der Waals surface area (Å²) in [5.41, 5.74) is 1.50. The van der Waals surface area contributed by atoms with Crippen molar-refractivity contribution in [3.63, 3.8) is 0 Å². The minimum absolute atomic E-state index is 0.594. The number of allylic oxidation sites excluding steroid dienone is 1. The predicted octanol–water partition coefficient (Wildman–Crippen LogP) is 5.27. The summed E-state index contributed by atoms with van der Waals surface area (Å²) in [6.07, 6.45) is 8.54. The topological polar surface area (TPSA) is 9.23 Å². The van der Waals surface area contributed by atoms with Gasteiger partial charge in [-0.2, -0.15) is 0 Å². The zero-order valence-corrected chi connectivity index (χ0v) is 16.6. The molecule has 0 radical (unpaired) electrons. The second kappa shape index (κ2) is 8.53. The standard InChI is InChI=1S/C23H30OSi/c1-20(2)19-25(22-14-8-4-9-15-22,23-16-10-5-11-17-23)24-18-21-12-6-3-7-13-21/h4-5,8-11,14-18,20H,3,6-7,12-13,19H2,1-2H3. The smallest absolute Gasteiger partial charge is 0.314 e. The van der Waals surface area contributed by atoms with Crippen molar-refractivity contribution in [3.8, 4) is 0 Å². The van der Waals surface area contributed by atoms with Gasteiger partial charge in [-0.05, 0) is 53.6 Å².